The normalized spacial score (nSPS) is 18.6. The minimum atomic E-state index is -4.15. The highest BCUT2D eigenvalue weighted by atomic mass is 32.2. The summed E-state index contributed by atoms with van der Waals surface area (Å²) < 4.78 is 66.1. The molecule has 42 heavy (non-hydrogen) atoms. The van der Waals surface area contributed by atoms with Crippen molar-refractivity contribution in [3.63, 3.8) is 0 Å². The molecule has 0 fully saturated rings. The first-order valence-electron chi connectivity index (χ1n) is 13.6. The summed E-state index contributed by atoms with van der Waals surface area (Å²) in [6.45, 7) is 8.80. The van der Waals surface area contributed by atoms with Crippen molar-refractivity contribution in [1.29, 1.82) is 0 Å². The Labute approximate surface area is 247 Å². The molecule has 0 saturated carbocycles. The third-order valence-electron chi connectivity index (χ3n) is 8.01. The SMILES string of the molecule is CC1(C)C(/C=C/C=C2/N(CCCS(=O)(=O)O)c3ccccc3C2(C)C)=[N+](CCCS(=O)(=O)O)c2ccc(C(=O)O)cc21. The van der Waals surface area contributed by atoms with Crippen molar-refractivity contribution in [1.82, 2.24) is 0 Å². The molecular formula is C30H37N2O8S2+. The molecule has 0 saturated heterocycles. The van der Waals surface area contributed by atoms with Gasteiger partial charge in [0.05, 0.1) is 22.5 Å². The maximum Gasteiger partial charge on any atom is 0.335 e. The quantitative estimate of drug-likeness (QED) is 0.243. The lowest BCUT2D eigenvalue weighted by atomic mass is 9.80. The molecule has 2 aromatic rings. The molecule has 2 aromatic carbocycles. The van der Waals surface area contributed by atoms with E-state index >= 15 is 0 Å². The molecule has 12 heteroatoms. The standard InChI is InChI=1S/C30H36N2O8S2/c1-29(2)22-10-5-6-11-24(22)31(16-8-18-41(35,36)37)26(29)12-7-13-27-30(3,4)23-20-21(28(33)34)14-15-25(23)32(27)17-9-19-42(38,39)40/h5-7,10-15,20H,8-9,16-19H2,1-4H3,(H2-,33,34,35,36,37,38,39,40)/p+1. The zero-order chi connectivity index (χ0) is 31.1. The highest BCUT2D eigenvalue weighted by Crippen LogP contribution is 2.47. The number of nitrogens with zero attached hydrogens (tertiary/aromatic N) is 2. The van der Waals surface area contributed by atoms with Gasteiger partial charge in [0.2, 0.25) is 5.69 Å². The Kier molecular flexibility index (Phi) is 8.58. The van der Waals surface area contributed by atoms with Crippen molar-refractivity contribution in [3.05, 3.63) is 83.1 Å². The van der Waals surface area contributed by atoms with Gasteiger partial charge in [-0.2, -0.15) is 21.4 Å². The molecule has 0 bridgehead atoms. The average molecular weight is 618 g/mol. The molecule has 4 rings (SSSR count). The number of anilines is 1. The van der Waals surface area contributed by atoms with Gasteiger partial charge in [-0.1, -0.05) is 38.1 Å². The Bertz CT molecular complexity index is 1720. The second-order valence-electron chi connectivity index (χ2n) is 11.7. The smallest absolute Gasteiger partial charge is 0.335 e. The van der Waals surface area contributed by atoms with E-state index in [1.54, 1.807) is 12.1 Å². The molecule has 10 nitrogen and oxygen atoms in total. The summed E-state index contributed by atoms with van der Waals surface area (Å²) in [5, 5.41) is 9.58. The lowest BCUT2D eigenvalue weighted by Gasteiger charge is -2.27. The minimum absolute atomic E-state index is 0.151. The lowest BCUT2D eigenvalue weighted by Crippen LogP contribution is -2.29. The van der Waals surface area contributed by atoms with Crippen LogP contribution in [-0.4, -0.2) is 71.9 Å². The largest absolute Gasteiger partial charge is 0.478 e. The van der Waals surface area contributed by atoms with Gasteiger partial charge >= 0.3 is 5.97 Å². The molecule has 0 radical (unpaired) electrons. The summed E-state index contributed by atoms with van der Waals surface area (Å²) in [5.74, 6) is -1.80. The fourth-order valence-corrected chi connectivity index (χ4v) is 6.96. The molecule has 0 aliphatic carbocycles. The second kappa shape index (κ2) is 11.4. The van der Waals surface area contributed by atoms with Crippen molar-refractivity contribution in [2.75, 3.05) is 29.5 Å². The zero-order valence-electron chi connectivity index (χ0n) is 24.1. The maximum atomic E-state index is 11.7. The van der Waals surface area contributed by atoms with Gasteiger partial charge in [-0.3, -0.25) is 9.11 Å². The molecule has 0 amide bonds. The molecule has 0 atom stereocenters. The van der Waals surface area contributed by atoms with Gasteiger partial charge in [-0.15, -0.1) is 0 Å². The van der Waals surface area contributed by atoms with Crippen LogP contribution < -0.4 is 4.90 Å². The van der Waals surface area contributed by atoms with Crippen molar-refractivity contribution in [2.24, 2.45) is 0 Å². The molecule has 2 heterocycles. The number of carboxylic acids is 1. The average Bonchev–Trinajstić information content (AvgIpc) is 3.22. The van der Waals surface area contributed by atoms with E-state index in [0.29, 0.717) is 6.54 Å². The summed E-state index contributed by atoms with van der Waals surface area (Å²) in [5.41, 5.74) is 4.53. The highest BCUT2D eigenvalue weighted by molar-refractivity contribution is 7.86. The Balaban J connectivity index is 1.75. The molecule has 0 spiro atoms. The van der Waals surface area contributed by atoms with E-state index in [0.717, 1.165) is 33.9 Å². The van der Waals surface area contributed by atoms with Crippen molar-refractivity contribution >= 4 is 43.3 Å². The van der Waals surface area contributed by atoms with Crippen molar-refractivity contribution in [2.45, 2.75) is 51.4 Å². The Morgan fingerprint density at radius 1 is 0.905 bits per heavy atom. The van der Waals surface area contributed by atoms with Gasteiger partial charge in [0.25, 0.3) is 20.2 Å². The van der Waals surface area contributed by atoms with Crippen LogP contribution in [0.3, 0.4) is 0 Å². The van der Waals surface area contributed by atoms with Gasteiger partial charge < -0.3 is 10.0 Å². The maximum absolute atomic E-state index is 11.7. The summed E-state index contributed by atoms with van der Waals surface area (Å²) in [6, 6.07) is 12.8. The number of carbonyl (C=O) groups is 1. The number of allylic oxidation sites excluding steroid dienone is 4. The van der Waals surface area contributed by atoms with E-state index in [1.807, 2.05) is 60.9 Å². The number of rotatable bonds is 11. The number of benzene rings is 2. The van der Waals surface area contributed by atoms with E-state index in [4.69, 9.17) is 0 Å². The first-order valence-corrected chi connectivity index (χ1v) is 16.8. The van der Waals surface area contributed by atoms with Crippen LogP contribution >= 0.6 is 0 Å². The van der Waals surface area contributed by atoms with Crippen LogP contribution in [0, 0.1) is 0 Å². The third-order valence-corrected chi connectivity index (χ3v) is 9.62. The van der Waals surface area contributed by atoms with E-state index < -0.39 is 42.8 Å². The second-order valence-corrected chi connectivity index (χ2v) is 14.8. The van der Waals surface area contributed by atoms with Gasteiger partial charge in [0.1, 0.15) is 6.54 Å². The van der Waals surface area contributed by atoms with Crippen LogP contribution in [0.2, 0.25) is 0 Å². The predicted octanol–water partition coefficient (Wildman–Crippen LogP) is 4.55. The number of hydrogen-bond donors (Lipinski definition) is 3. The first kappa shape index (κ1) is 31.6. The number of hydrogen-bond acceptors (Lipinski definition) is 6. The summed E-state index contributed by atoms with van der Waals surface area (Å²) in [4.78, 5) is 13.8. The fraction of sp³-hybridized carbons (Fsp3) is 0.400. The van der Waals surface area contributed by atoms with Crippen LogP contribution in [0.4, 0.5) is 11.4 Å². The monoisotopic (exact) mass is 617 g/mol. The van der Waals surface area contributed by atoms with E-state index in [2.05, 4.69) is 18.7 Å². The van der Waals surface area contributed by atoms with Crippen LogP contribution in [-0.2, 0) is 31.1 Å². The number of para-hydroxylation sites is 1. The first-order chi connectivity index (χ1) is 19.4. The molecule has 0 aromatic heterocycles. The highest BCUT2D eigenvalue weighted by Gasteiger charge is 2.45. The van der Waals surface area contributed by atoms with E-state index in [1.165, 1.54) is 6.07 Å². The molecular weight excluding hydrogens is 580 g/mol. The van der Waals surface area contributed by atoms with Crippen molar-refractivity contribution < 1.29 is 40.4 Å². The lowest BCUT2D eigenvalue weighted by molar-refractivity contribution is -0.437. The predicted molar refractivity (Wildman–Crippen MR) is 162 cm³/mol. The number of aromatic carboxylic acids is 1. The van der Waals surface area contributed by atoms with Gasteiger partial charge in [0.15, 0.2) is 5.71 Å². The Hall–Kier alpha value is -3.32. The van der Waals surface area contributed by atoms with Gasteiger partial charge in [-0.05, 0) is 50.1 Å². The van der Waals surface area contributed by atoms with Crippen LogP contribution in [0.15, 0.2) is 66.4 Å². The summed E-state index contributed by atoms with van der Waals surface area (Å²) >= 11 is 0. The topological polar surface area (TPSA) is 152 Å². The van der Waals surface area contributed by atoms with Crippen LogP contribution in [0.5, 0.6) is 0 Å². The van der Waals surface area contributed by atoms with E-state index in [-0.39, 0.29) is 30.7 Å². The Morgan fingerprint density at radius 3 is 2.19 bits per heavy atom. The third kappa shape index (κ3) is 6.51. The Morgan fingerprint density at radius 2 is 1.55 bits per heavy atom. The molecule has 0 unspecified atom stereocenters. The van der Waals surface area contributed by atoms with Crippen molar-refractivity contribution in [3.8, 4) is 0 Å². The summed E-state index contributed by atoms with van der Waals surface area (Å²) in [7, 11) is -8.25. The molecule has 226 valence electrons. The van der Waals surface area contributed by atoms with Crippen LogP contribution in [0.1, 0.15) is 62.0 Å². The fourth-order valence-electron chi connectivity index (χ4n) is 5.97. The molecule has 2 aliphatic rings. The van der Waals surface area contributed by atoms with Crippen LogP contribution in [0.25, 0.3) is 0 Å². The summed E-state index contributed by atoms with van der Waals surface area (Å²) in [6.07, 6.45) is 6.19. The molecule has 3 N–H and O–H groups in total. The van der Waals surface area contributed by atoms with Gasteiger partial charge in [0, 0.05) is 47.5 Å². The number of carboxylic acid groups (broad SMARTS) is 1. The van der Waals surface area contributed by atoms with E-state index in [9.17, 15) is 35.8 Å². The molecule has 2 aliphatic heterocycles. The number of fused-ring (bicyclic) bond motifs is 2. The minimum Gasteiger partial charge on any atom is -0.478 e. The zero-order valence-corrected chi connectivity index (χ0v) is 25.7. The van der Waals surface area contributed by atoms with Gasteiger partial charge in [-0.25, -0.2) is 4.79 Å².